The Labute approximate surface area is 136 Å². The highest BCUT2D eigenvalue weighted by molar-refractivity contribution is 5.93. The van der Waals surface area contributed by atoms with Gasteiger partial charge in [0.2, 0.25) is 11.8 Å². The number of anilines is 1. The van der Waals surface area contributed by atoms with Crippen LogP contribution in [0.2, 0.25) is 0 Å². The van der Waals surface area contributed by atoms with Crippen LogP contribution in [0.1, 0.15) is 19.4 Å². The molecule has 0 saturated carbocycles. The highest BCUT2D eigenvalue weighted by atomic mass is 19.1. The van der Waals surface area contributed by atoms with Crippen LogP contribution >= 0.6 is 0 Å². The Hall–Kier alpha value is -1.95. The summed E-state index contributed by atoms with van der Waals surface area (Å²) < 4.78 is 13.2. The zero-order chi connectivity index (χ0) is 17.0. The van der Waals surface area contributed by atoms with Crippen molar-refractivity contribution in [3.8, 4) is 0 Å². The summed E-state index contributed by atoms with van der Waals surface area (Å²) in [6.07, 6.45) is 0. The first kappa shape index (κ1) is 17.4. The standard InChI is InChI=1S/C17H24FN3O2/c1-12(2)17(23)21-8-6-20(7-9-21)11-16(22)19-15-10-14(18)5-4-13(15)3/h4-5,10,12H,6-9,11H2,1-3H3,(H,19,22). The second-order valence-corrected chi connectivity index (χ2v) is 6.26. The topological polar surface area (TPSA) is 52.7 Å². The fourth-order valence-corrected chi connectivity index (χ4v) is 2.61. The first-order valence-electron chi connectivity index (χ1n) is 7.94. The highest BCUT2D eigenvalue weighted by Gasteiger charge is 2.23. The van der Waals surface area contributed by atoms with Crippen molar-refractivity contribution in [1.29, 1.82) is 0 Å². The van der Waals surface area contributed by atoms with Gasteiger partial charge >= 0.3 is 0 Å². The number of piperazine rings is 1. The summed E-state index contributed by atoms with van der Waals surface area (Å²) in [5, 5.41) is 2.75. The van der Waals surface area contributed by atoms with Gasteiger partial charge in [-0.25, -0.2) is 4.39 Å². The monoisotopic (exact) mass is 321 g/mol. The second-order valence-electron chi connectivity index (χ2n) is 6.26. The van der Waals surface area contributed by atoms with E-state index in [1.54, 1.807) is 6.07 Å². The third kappa shape index (κ3) is 4.76. The van der Waals surface area contributed by atoms with Crippen LogP contribution in [0.25, 0.3) is 0 Å². The van der Waals surface area contributed by atoms with Crippen molar-refractivity contribution >= 4 is 17.5 Å². The molecule has 2 rings (SSSR count). The molecule has 1 aliphatic heterocycles. The summed E-state index contributed by atoms with van der Waals surface area (Å²) >= 11 is 0. The third-order valence-corrected chi connectivity index (χ3v) is 4.02. The van der Waals surface area contributed by atoms with Gasteiger partial charge in [0.25, 0.3) is 0 Å². The SMILES string of the molecule is Cc1ccc(F)cc1NC(=O)CN1CCN(C(=O)C(C)C)CC1. The van der Waals surface area contributed by atoms with Gasteiger partial charge in [0.05, 0.1) is 6.54 Å². The molecule has 6 heteroatoms. The lowest BCUT2D eigenvalue weighted by Crippen LogP contribution is -2.51. The Morgan fingerprint density at radius 3 is 2.48 bits per heavy atom. The van der Waals surface area contributed by atoms with Crippen molar-refractivity contribution in [1.82, 2.24) is 9.80 Å². The predicted molar refractivity (Wildman–Crippen MR) is 87.6 cm³/mol. The molecule has 0 bridgehead atoms. The molecule has 126 valence electrons. The van der Waals surface area contributed by atoms with E-state index < -0.39 is 0 Å². The molecular weight excluding hydrogens is 297 g/mol. The number of hydrogen-bond donors (Lipinski definition) is 1. The van der Waals surface area contributed by atoms with Gasteiger partial charge in [0.15, 0.2) is 0 Å². The van der Waals surface area contributed by atoms with Crippen molar-refractivity contribution in [2.45, 2.75) is 20.8 Å². The van der Waals surface area contributed by atoms with E-state index in [1.807, 2.05) is 30.6 Å². The maximum Gasteiger partial charge on any atom is 0.238 e. The van der Waals surface area contributed by atoms with Crippen LogP contribution in [0.3, 0.4) is 0 Å². The average Bonchev–Trinajstić information content (AvgIpc) is 2.51. The lowest BCUT2D eigenvalue weighted by atomic mass is 10.1. The van der Waals surface area contributed by atoms with Crippen LogP contribution in [0.5, 0.6) is 0 Å². The molecule has 2 amide bonds. The van der Waals surface area contributed by atoms with E-state index in [1.165, 1.54) is 12.1 Å². The Balaban J connectivity index is 1.83. The normalized spacial score (nSPS) is 15.8. The van der Waals surface area contributed by atoms with Gasteiger partial charge in [0, 0.05) is 37.8 Å². The predicted octanol–water partition coefficient (Wildman–Crippen LogP) is 1.87. The third-order valence-electron chi connectivity index (χ3n) is 4.02. The molecule has 1 aromatic rings. The Bertz CT molecular complexity index is 581. The van der Waals surface area contributed by atoms with Gasteiger partial charge in [-0.05, 0) is 24.6 Å². The van der Waals surface area contributed by atoms with Crippen molar-refractivity contribution in [3.63, 3.8) is 0 Å². The molecule has 0 radical (unpaired) electrons. The van der Waals surface area contributed by atoms with Crippen molar-refractivity contribution < 1.29 is 14.0 Å². The highest BCUT2D eigenvalue weighted by Crippen LogP contribution is 2.16. The number of halogens is 1. The molecule has 1 saturated heterocycles. The van der Waals surface area contributed by atoms with Crippen LogP contribution < -0.4 is 5.32 Å². The Kier molecular flexibility index (Phi) is 5.71. The van der Waals surface area contributed by atoms with Gasteiger partial charge < -0.3 is 10.2 Å². The number of nitrogens with one attached hydrogen (secondary N) is 1. The number of carbonyl (C=O) groups is 2. The van der Waals surface area contributed by atoms with Gasteiger partial charge in [-0.1, -0.05) is 19.9 Å². The van der Waals surface area contributed by atoms with E-state index >= 15 is 0 Å². The van der Waals surface area contributed by atoms with Gasteiger partial charge in [0.1, 0.15) is 5.82 Å². The van der Waals surface area contributed by atoms with Gasteiger partial charge in [-0.15, -0.1) is 0 Å². The molecule has 1 heterocycles. The zero-order valence-corrected chi connectivity index (χ0v) is 13.9. The molecule has 0 atom stereocenters. The second kappa shape index (κ2) is 7.55. The minimum atomic E-state index is -0.369. The van der Waals surface area contributed by atoms with Crippen LogP contribution in [0.4, 0.5) is 10.1 Å². The molecule has 0 spiro atoms. The van der Waals surface area contributed by atoms with E-state index in [2.05, 4.69) is 5.32 Å². The average molecular weight is 321 g/mol. The van der Waals surface area contributed by atoms with E-state index in [-0.39, 0.29) is 30.1 Å². The van der Waals surface area contributed by atoms with Crippen LogP contribution in [-0.4, -0.2) is 54.3 Å². The first-order valence-corrected chi connectivity index (χ1v) is 7.94. The summed E-state index contributed by atoms with van der Waals surface area (Å²) in [6, 6.07) is 4.34. The number of aryl methyl sites for hydroxylation is 1. The molecule has 1 aliphatic rings. The molecule has 1 aromatic carbocycles. The van der Waals surface area contributed by atoms with E-state index in [9.17, 15) is 14.0 Å². The Morgan fingerprint density at radius 1 is 1.22 bits per heavy atom. The molecule has 0 unspecified atom stereocenters. The van der Waals surface area contributed by atoms with Crippen LogP contribution in [0, 0.1) is 18.7 Å². The summed E-state index contributed by atoms with van der Waals surface area (Å²) in [5.41, 5.74) is 1.33. The van der Waals surface area contributed by atoms with Crippen LogP contribution in [-0.2, 0) is 9.59 Å². The summed E-state index contributed by atoms with van der Waals surface area (Å²) in [6.45, 7) is 8.49. The largest absolute Gasteiger partial charge is 0.340 e. The fourth-order valence-electron chi connectivity index (χ4n) is 2.61. The van der Waals surface area contributed by atoms with Gasteiger partial charge in [-0.3, -0.25) is 14.5 Å². The molecule has 5 nitrogen and oxygen atoms in total. The molecule has 0 aliphatic carbocycles. The molecule has 23 heavy (non-hydrogen) atoms. The smallest absolute Gasteiger partial charge is 0.238 e. The summed E-state index contributed by atoms with van der Waals surface area (Å²) in [7, 11) is 0. The molecule has 0 aromatic heterocycles. The van der Waals surface area contributed by atoms with Crippen LogP contribution in [0.15, 0.2) is 18.2 Å². The summed E-state index contributed by atoms with van der Waals surface area (Å²) in [4.78, 5) is 27.9. The van der Waals surface area contributed by atoms with Crippen molar-refractivity contribution in [2.24, 2.45) is 5.92 Å². The van der Waals surface area contributed by atoms with Crippen molar-refractivity contribution in [3.05, 3.63) is 29.6 Å². The Morgan fingerprint density at radius 2 is 1.87 bits per heavy atom. The van der Waals surface area contributed by atoms with Gasteiger partial charge in [-0.2, -0.15) is 0 Å². The maximum absolute atomic E-state index is 13.2. The number of hydrogen-bond acceptors (Lipinski definition) is 3. The molecule has 1 N–H and O–H groups in total. The lowest BCUT2D eigenvalue weighted by Gasteiger charge is -2.35. The van der Waals surface area contributed by atoms with E-state index in [4.69, 9.17) is 0 Å². The number of rotatable bonds is 4. The minimum absolute atomic E-state index is 0.000742. The van der Waals surface area contributed by atoms with E-state index in [0.717, 1.165) is 5.56 Å². The molecule has 1 fully saturated rings. The van der Waals surface area contributed by atoms with Crippen molar-refractivity contribution in [2.75, 3.05) is 38.0 Å². The maximum atomic E-state index is 13.2. The summed E-state index contributed by atoms with van der Waals surface area (Å²) in [5.74, 6) is -0.376. The lowest BCUT2D eigenvalue weighted by molar-refractivity contribution is -0.136. The minimum Gasteiger partial charge on any atom is -0.340 e. The zero-order valence-electron chi connectivity index (χ0n) is 13.9. The molecular formula is C17H24FN3O2. The van der Waals surface area contributed by atoms with E-state index in [0.29, 0.717) is 31.9 Å². The number of amides is 2. The number of carbonyl (C=O) groups excluding carboxylic acids is 2. The number of nitrogens with zero attached hydrogens (tertiary/aromatic N) is 2. The fraction of sp³-hybridized carbons (Fsp3) is 0.529. The first-order chi connectivity index (χ1) is 10.9. The number of benzene rings is 1. The quantitative estimate of drug-likeness (QED) is 0.921.